The fourth-order valence-electron chi connectivity index (χ4n) is 2.55. The largest absolute Gasteiger partial charge is 0.496 e. The molecule has 2 aromatic heterocycles. The minimum Gasteiger partial charge on any atom is -0.496 e. The van der Waals surface area contributed by atoms with E-state index in [9.17, 15) is 0 Å². The maximum absolute atomic E-state index is 5.68. The first-order valence-corrected chi connectivity index (χ1v) is 9.19. The lowest BCUT2D eigenvalue weighted by atomic mass is 10.1. The van der Waals surface area contributed by atoms with E-state index in [1.807, 2.05) is 51.2 Å². The average molecular weight is 371 g/mol. The molecule has 26 heavy (non-hydrogen) atoms. The lowest BCUT2D eigenvalue weighted by Gasteiger charge is -2.11. The summed E-state index contributed by atoms with van der Waals surface area (Å²) >= 11 is 1.44. The van der Waals surface area contributed by atoms with Crippen molar-refractivity contribution >= 4 is 11.8 Å². The molecule has 136 valence electrons. The molecule has 0 atom stereocenters. The highest BCUT2D eigenvalue weighted by atomic mass is 32.2. The Kier molecular flexibility index (Phi) is 5.78. The standard InChI is InChI=1S/C19H21N3O3S/c1-12-6-5-7-15(8-12)24-10-17-21-22-19(25-17)26-11-16-14(3)18(23-4)13(2)9-20-16/h5-9H,10-11H2,1-4H3. The summed E-state index contributed by atoms with van der Waals surface area (Å²) in [6, 6.07) is 7.83. The van der Waals surface area contributed by atoms with Crippen molar-refractivity contribution in [3.05, 3.63) is 58.7 Å². The maximum atomic E-state index is 5.68. The van der Waals surface area contributed by atoms with Crippen LogP contribution in [0.2, 0.25) is 0 Å². The fraction of sp³-hybridized carbons (Fsp3) is 0.316. The Morgan fingerprint density at radius 2 is 2.00 bits per heavy atom. The third-order valence-electron chi connectivity index (χ3n) is 3.88. The number of benzene rings is 1. The maximum Gasteiger partial charge on any atom is 0.277 e. The Morgan fingerprint density at radius 1 is 1.15 bits per heavy atom. The molecule has 0 radical (unpaired) electrons. The van der Waals surface area contributed by atoms with Gasteiger partial charge in [-0.2, -0.15) is 0 Å². The van der Waals surface area contributed by atoms with Crippen molar-refractivity contribution in [2.45, 2.75) is 38.4 Å². The smallest absolute Gasteiger partial charge is 0.277 e. The number of hydrogen-bond acceptors (Lipinski definition) is 7. The van der Waals surface area contributed by atoms with Gasteiger partial charge in [-0.15, -0.1) is 10.2 Å². The summed E-state index contributed by atoms with van der Waals surface area (Å²) in [5.74, 6) is 2.72. The third kappa shape index (κ3) is 4.35. The van der Waals surface area contributed by atoms with Gasteiger partial charge in [-0.05, 0) is 38.5 Å². The molecule has 6 nitrogen and oxygen atoms in total. The van der Waals surface area contributed by atoms with E-state index in [0.717, 1.165) is 33.9 Å². The monoisotopic (exact) mass is 371 g/mol. The highest BCUT2D eigenvalue weighted by Gasteiger charge is 2.12. The second-order valence-corrected chi connectivity index (χ2v) is 6.83. The van der Waals surface area contributed by atoms with Crippen LogP contribution in [-0.2, 0) is 12.4 Å². The van der Waals surface area contributed by atoms with Gasteiger partial charge in [0.1, 0.15) is 11.5 Å². The Hall–Kier alpha value is -2.54. The van der Waals surface area contributed by atoms with Crippen LogP contribution >= 0.6 is 11.8 Å². The van der Waals surface area contributed by atoms with E-state index < -0.39 is 0 Å². The van der Waals surface area contributed by atoms with Crippen molar-refractivity contribution in [1.29, 1.82) is 0 Å². The zero-order chi connectivity index (χ0) is 18.5. The van der Waals surface area contributed by atoms with Crippen LogP contribution < -0.4 is 9.47 Å². The summed E-state index contributed by atoms with van der Waals surface area (Å²) in [5.41, 5.74) is 4.13. The molecule has 0 aliphatic carbocycles. The quantitative estimate of drug-likeness (QED) is 0.574. The molecule has 3 aromatic rings. The predicted octanol–water partition coefficient (Wildman–Crippen LogP) is 4.27. The second kappa shape index (κ2) is 8.23. The van der Waals surface area contributed by atoms with Gasteiger partial charge in [0, 0.05) is 23.1 Å². The molecule has 0 amide bonds. The van der Waals surface area contributed by atoms with Gasteiger partial charge in [-0.3, -0.25) is 4.98 Å². The Morgan fingerprint density at radius 3 is 2.77 bits per heavy atom. The molecule has 0 saturated carbocycles. The molecule has 7 heteroatoms. The average Bonchev–Trinajstić information content (AvgIpc) is 3.08. The van der Waals surface area contributed by atoms with E-state index in [0.29, 0.717) is 16.9 Å². The molecule has 2 heterocycles. The number of pyridine rings is 1. The van der Waals surface area contributed by atoms with Gasteiger partial charge in [0.05, 0.1) is 12.8 Å². The number of methoxy groups -OCH3 is 1. The van der Waals surface area contributed by atoms with Gasteiger partial charge in [0.2, 0.25) is 0 Å². The van der Waals surface area contributed by atoms with Crippen molar-refractivity contribution in [3.8, 4) is 11.5 Å². The molecular weight excluding hydrogens is 350 g/mol. The van der Waals surface area contributed by atoms with E-state index in [1.165, 1.54) is 11.8 Å². The van der Waals surface area contributed by atoms with Crippen molar-refractivity contribution in [3.63, 3.8) is 0 Å². The number of ether oxygens (including phenoxy) is 2. The lowest BCUT2D eigenvalue weighted by molar-refractivity contribution is 0.252. The number of aryl methyl sites for hydroxylation is 2. The number of rotatable bonds is 7. The zero-order valence-corrected chi connectivity index (χ0v) is 16.1. The van der Waals surface area contributed by atoms with Crippen molar-refractivity contribution in [2.75, 3.05) is 7.11 Å². The molecule has 0 fully saturated rings. The Bertz CT molecular complexity index is 895. The molecule has 0 aliphatic heterocycles. The van der Waals surface area contributed by atoms with Crippen molar-refractivity contribution < 1.29 is 13.9 Å². The Labute approximate surface area is 157 Å². The lowest BCUT2D eigenvalue weighted by Crippen LogP contribution is -1.98. The van der Waals surface area contributed by atoms with Crippen LogP contribution in [0.3, 0.4) is 0 Å². The third-order valence-corrected chi connectivity index (χ3v) is 4.71. The molecule has 0 N–H and O–H groups in total. The van der Waals surface area contributed by atoms with E-state index in [4.69, 9.17) is 13.9 Å². The first-order valence-electron chi connectivity index (χ1n) is 8.20. The zero-order valence-electron chi connectivity index (χ0n) is 15.3. The summed E-state index contributed by atoms with van der Waals surface area (Å²) in [7, 11) is 1.67. The second-order valence-electron chi connectivity index (χ2n) is 5.90. The van der Waals surface area contributed by atoms with Gasteiger partial charge < -0.3 is 13.9 Å². The van der Waals surface area contributed by atoms with Crippen molar-refractivity contribution in [2.24, 2.45) is 0 Å². The Balaban J connectivity index is 1.59. The first-order chi connectivity index (χ1) is 12.6. The van der Waals surface area contributed by atoms with Gasteiger partial charge in [0.25, 0.3) is 11.1 Å². The van der Waals surface area contributed by atoms with E-state index in [-0.39, 0.29) is 6.61 Å². The van der Waals surface area contributed by atoms with E-state index in [2.05, 4.69) is 15.2 Å². The summed E-state index contributed by atoms with van der Waals surface area (Å²) < 4.78 is 16.7. The molecule has 0 aliphatic rings. The van der Waals surface area contributed by atoms with Gasteiger partial charge >= 0.3 is 0 Å². The van der Waals surface area contributed by atoms with Crippen LogP contribution in [0.4, 0.5) is 0 Å². The van der Waals surface area contributed by atoms with E-state index >= 15 is 0 Å². The molecule has 0 spiro atoms. The van der Waals surface area contributed by atoms with Crippen LogP contribution in [0.15, 0.2) is 40.1 Å². The fourth-order valence-corrected chi connectivity index (χ4v) is 3.36. The molecule has 0 saturated heterocycles. The highest BCUT2D eigenvalue weighted by Crippen LogP contribution is 2.28. The van der Waals surface area contributed by atoms with Gasteiger partial charge in [-0.25, -0.2) is 0 Å². The highest BCUT2D eigenvalue weighted by molar-refractivity contribution is 7.98. The molecule has 3 rings (SSSR count). The predicted molar refractivity (Wildman–Crippen MR) is 99.6 cm³/mol. The number of aromatic nitrogens is 3. The van der Waals surface area contributed by atoms with Crippen LogP contribution in [0.5, 0.6) is 11.5 Å². The molecule has 1 aromatic carbocycles. The minimum absolute atomic E-state index is 0.243. The topological polar surface area (TPSA) is 70.3 Å². The SMILES string of the molecule is COc1c(C)cnc(CSc2nnc(COc3cccc(C)c3)o2)c1C. The van der Waals surface area contributed by atoms with E-state index in [1.54, 1.807) is 7.11 Å². The van der Waals surface area contributed by atoms with Gasteiger partial charge in [-0.1, -0.05) is 23.9 Å². The minimum atomic E-state index is 0.243. The summed E-state index contributed by atoms with van der Waals surface area (Å²) in [6.45, 7) is 6.25. The van der Waals surface area contributed by atoms with Crippen LogP contribution in [0.1, 0.15) is 28.3 Å². The van der Waals surface area contributed by atoms with Crippen LogP contribution in [0.25, 0.3) is 0 Å². The number of hydrogen-bond donors (Lipinski definition) is 0. The molecule has 0 bridgehead atoms. The number of nitrogens with zero attached hydrogens (tertiary/aromatic N) is 3. The molecule has 0 unspecified atom stereocenters. The molecular formula is C19H21N3O3S. The summed E-state index contributed by atoms with van der Waals surface area (Å²) in [5, 5.41) is 8.58. The number of thioether (sulfide) groups is 1. The summed E-state index contributed by atoms with van der Waals surface area (Å²) in [4.78, 5) is 4.48. The normalized spacial score (nSPS) is 10.8. The van der Waals surface area contributed by atoms with Crippen molar-refractivity contribution in [1.82, 2.24) is 15.2 Å². The van der Waals surface area contributed by atoms with Crippen LogP contribution in [0, 0.1) is 20.8 Å². The summed E-state index contributed by atoms with van der Waals surface area (Å²) in [6.07, 6.45) is 1.82. The van der Waals surface area contributed by atoms with Gasteiger partial charge in [0.15, 0.2) is 6.61 Å². The first kappa shape index (κ1) is 18.3. The van der Waals surface area contributed by atoms with Crippen LogP contribution in [-0.4, -0.2) is 22.3 Å².